The molecule has 0 saturated carbocycles. The van der Waals surface area contributed by atoms with E-state index < -0.39 is 12.0 Å². The second-order valence-corrected chi connectivity index (χ2v) is 6.11. The van der Waals surface area contributed by atoms with Gasteiger partial charge in [0.25, 0.3) is 5.91 Å². The van der Waals surface area contributed by atoms with Crippen molar-refractivity contribution in [1.82, 2.24) is 0 Å². The van der Waals surface area contributed by atoms with Crippen LogP contribution in [0.4, 0.5) is 11.4 Å². The van der Waals surface area contributed by atoms with Crippen molar-refractivity contribution in [2.75, 3.05) is 38.1 Å². The van der Waals surface area contributed by atoms with Gasteiger partial charge < -0.3 is 29.2 Å². The summed E-state index contributed by atoms with van der Waals surface area (Å²) in [7, 11) is 4.49. The number of carbonyl (C=O) groups is 2. The topological polar surface area (TPSA) is 86.3 Å². The van der Waals surface area contributed by atoms with Crippen LogP contribution in [-0.2, 0) is 9.59 Å². The highest BCUT2D eigenvalue weighted by molar-refractivity contribution is 5.99. The molecule has 0 saturated heterocycles. The molecule has 0 radical (unpaired) electrons. The molecule has 2 amide bonds. The van der Waals surface area contributed by atoms with E-state index in [1.54, 1.807) is 30.3 Å². The number of hydrogen-bond donors (Lipinski definition) is 1. The van der Waals surface area contributed by atoms with Gasteiger partial charge in [-0.1, -0.05) is 12.1 Å². The van der Waals surface area contributed by atoms with E-state index in [4.69, 9.17) is 18.9 Å². The van der Waals surface area contributed by atoms with Crippen LogP contribution in [0.5, 0.6) is 23.0 Å². The lowest BCUT2D eigenvalue weighted by atomic mass is 10.1. The monoisotopic (exact) mass is 386 g/mol. The van der Waals surface area contributed by atoms with Crippen LogP contribution in [0.15, 0.2) is 36.4 Å². The molecule has 1 heterocycles. The molecule has 1 atom stereocenters. The molecule has 3 rings (SSSR count). The van der Waals surface area contributed by atoms with Gasteiger partial charge in [-0.15, -0.1) is 0 Å². The van der Waals surface area contributed by atoms with Gasteiger partial charge in [0.15, 0.2) is 17.6 Å². The zero-order valence-electron chi connectivity index (χ0n) is 16.1. The molecule has 2 aromatic carbocycles. The third-order valence-electron chi connectivity index (χ3n) is 4.38. The summed E-state index contributed by atoms with van der Waals surface area (Å²) < 4.78 is 21.7. The first kappa shape index (κ1) is 19.3. The van der Waals surface area contributed by atoms with Crippen molar-refractivity contribution in [3.8, 4) is 23.0 Å². The summed E-state index contributed by atoms with van der Waals surface area (Å²) in [6.45, 7) is 1.57. The van der Waals surface area contributed by atoms with Gasteiger partial charge in [0.1, 0.15) is 5.75 Å². The quantitative estimate of drug-likeness (QED) is 0.850. The molecule has 148 valence electrons. The predicted octanol–water partition coefficient (Wildman–Crippen LogP) is 2.46. The molecular formula is C20H22N2O6. The minimum absolute atomic E-state index is 0.114. The van der Waals surface area contributed by atoms with Gasteiger partial charge in [-0.25, -0.2) is 0 Å². The number of amides is 2. The number of para-hydroxylation sites is 2. The normalized spacial score (nSPS) is 15.1. The summed E-state index contributed by atoms with van der Waals surface area (Å²) in [5.41, 5.74) is 1.10. The van der Waals surface area contributed by atoms with Crippen LogP contribution >= 0.6 is 0 Å². The van der Waals surface area contributed by atoms with E-state index in [2.05, 4.69) is 5.32 Å². The summed E-state index contributed by atoms with van der Waals surface area (Å²) in [6.07, 6.45) is -0.863. The molecule has 0 bridgehead atoms. The Morgan fingerprint density at radius 1 is 1.07 bits per heavy atom. The molecular weight excluding hydrogens is 364 g/mol. The Bertz CT molecular complexity index is 873. The number of fused-ring (bicyclic) bond motifs is 1. The van der Waals surface area contributed by atoms with Gasteiger partial charge >= 0.3 is 0 Å². The van der Waals surface area contributed by atoms with E-state index in [1.165, 1.54) is 33.2 Å². The number of methoxy groups -OCH3 is 3. The Morgan fingerprint density at radius 3 is 2.29 bits per heavy atom. The number of carbonyl (C=O) groups excluding carboxylic acids is 2. The molecule has 0 aliphatic carbocycles. The minimum atomic E-state index is -0.863. The largest absolute Gasteiger partial charge is 0.493 e. The fourth-order valence-electron chi connectivity index (χ4n) is 3.05. The SMILES string of the molecule is COc1cc(NC(=O)[C@H]2CN(C(C)=O)c3ccccc3O2)cc(OC)c1OC. The zero-order valence-corrected chi connectivity index (χ0v) is 16.1. The Hall–Kier alpha value is -3.42. The van der Waals surface area contributed by atoms with Crippen LogP contribution in [0.25, 0.3) is 0 Å². The lowest BCUT2D eigenvalue weighted by Gasteiger charge is -2.33. The summed E-state index contributed by atoms with van der Waals surface area (Å²) in [5.74, 6) is 1.17. The molecule has 0 fully saturated rings. The average molecular weight is 386 g/mol. The van der Waals surface area contributed by atoms with E-state index >= 15 is 0 Å². The van der Waals surface area contributed by atoms with Gasteiger partial charge in [0, 0.05) is 24.7 Å². The Labute approximate surface area is 162 Å². The second-order valence-electron chi connectivity index (χ2n) is 6.11. The van der Waals surface area contributed by atoms with E-state index in [0.717, 1.165) is 0 Å². The van der Waals surface area contributed by atoms with Crippen molar-refractivity contribution < 1.29 is 28.5 Å². The molecule has 1 aliphatic heterocycles. The van der Waals surface area contributed by atoms with Crippen molar-refractivity contribution in [1.29, 1.82) is 0 Å². The van der Waals surface area contributed by atoms with Gasteiger partial charge in [-0.3, -0.25) is 9.59 Å². The first-order valence-electron chi connectivity index (χ1n) is 8.63. The van der Waals surface area contributed by atoms with Crippen molar-refractivity contribution >= 4 is 23.2 Å². The van der Waals surface area contributed by atoms with Gasteiger partial charge in [-0.2, -0.15) is 0 Å². The van der Waals surface area contributed by atoms with Gasteiger partial charge in [-0.05, 0) is 12.1 Å². The Morgan fingerprint density at radius 2 is 1.71 bits per heavy atom. The fraction of sp³-hybridized carbons (Fsp3) is 0.300. The van der Waals surface area contributed by atoms with Crippen molar-refractivity contribution in [2.45, 2.75) is 13.0 Å². The van der Waals surface area contributed by atoms with Crippen LogP contribution in [-0.4, -0.2) is 45.8 Å². The molecule has 2 aromatic rings. The van der Waals surface area contributed by atoms with Gasteiger partial charge in [0.05, 0.1) is 33.6 Å². The van der Waals surface area contributed by atoms with Crippen LogP contribution < -0.4 is 29.2 Å². The van der Waals surface area contributed by atoms with Crippen molar-refractivity contribution in [3.05, 3.63) is 36.4 Å². The van der Waals surface area contributed by atoms with Gasteiger partial charge in [0.2, 0.25) is 11.7 Å². The number of rotatable bonds is 5. The summed E-state index contributed by atoms with van der Waals surface area (Å²) in [5, 5.41) is 2.79. The molecule has 0 aromatic heterocycles. The first-order chi connectivity index (χ1) is 13.5. The lowest BCUT2D eigenvalue weighted by molar-refractivity contribution is -0.123. The van der Waals surface area contributed by atoms with E-state index in [9.17, 15) is 9.59 Å². The standard InChI is InChI=1S/C20H22N2O6/c1-12(23)22-11-18(28-15-8-6-5-7-14(15)22)20(24)21-13-9-16(25-2)19(27-4)17(10-13)26-3/h5-10,18H,11H2,1-4H3,(H,21,24)/t18-/m1/s1. The van der Waals surface area contributed by atoms with Crippen LogP contribution in [0, 0.1) is 0 Å². The zero-order chi connectivity index (χ0) is 20.3. The van der Waals surface area contributed by atoms with E-state index in [1.807, 2.05) is 6.07 Å². The maximum absolute atomic E-state index is 12.8. The van der Waals surface area contributed by atoms with Crippen LogP contribution in [0.3, 0.4) is 0 Å². The van der Waals surface area contributed by atoms with E-state index in [0.29, 0.717) is 34.4 Å². The third-order valence-corrected chi connectivity index (χ3v) is 4.38. The van der Waals surface area contributed by atoms with E-state index in [-0.39, 0.29) is 12.5 Å². The lowest BCUT2D eigenvalue weighted by Crippen LogP contribution is -2.48. The molecule has 1 N–H and O–H groups in total. The molecule has 0 unspecified atom stereocenters. The highest BCUT2D eigenvalue weighted by Gasteiger charge is 2.32. The molecule has 0 spiro atoms. The number of nitrogens with zero attached hydrogens (tertiary/aromatic N) is 1. The highest BCUT2D eigenvalue weighted by atomic mass is 16.5. The van der Waals surface area contributed by atoms with Crippen molar-refractivity contribution in [2.24, 2.45) is 0 Å². The molecule has 1 aliphatic rings. The first-order valence-corrected chi connectivity index (χ1v) is 8.63. The smallest absolute Gasteiger partial charge is 0.267 e. The second kappa shape index (κ2) is 8.08. The summed E-state index contributed by atoms with van der Waals surface area (Å²) >= 11 is 0. The fourth-order valence-corrected chi connectivity index (χ4v) is 3.05. The minimum Gasteiger partial charge on any atom is -0.493 e. The Kier molecular flexibility index (Phi) is 5.58. The number of hydrogen-bond acceptors (Lipinski definition) is 6. The molecule has 8 heteroatoms. The van der Waals surface area contributed by atoms with Crippen LogP contribution in [0.1, 0.15) is 6.92 Å². The Balaban J connectivity index is 1.85. The maximum Gasteiger partial charge on any atom is 0.267 e. The summed E-state index contributed by atoms with van der Waals surface area (Å²) in [6, 6.07) is 10.4. The third kappa shape index (κ3) is 3.66. The highest BCUT2D eigenvalue weighted by Crippen LogP contribution is 2.40. The molecule has 8 nitrogen and oxygen atoms in total. The van der Waals surface area contributed by atoms with Crippen LogP contribution in [0.2, 0.25) is 0 Å². The molecule has 28 heavy (non-hydrogen) atoms. The maximum atomic E-state index is 12.8. The number of nitrogens with one attached hydrogen (secondary N) is 1. The predicted molar refractivity (Wildman–Crippen MR) is 104 cm³/mol. The number of ether oxygens (including phenoxy) is 4. The number of benzene rings is 2. The average Bonchev–Trinajstić information content (AvgIpc) is 2.71. The van der Waals surface area contributed by atoms with Crippen molar-refractivity contribution in [3.63, 3.8) is 0 Å². The summed E-state index contributed by atoms with van der Waals surface area (Å²) in [4.78, 5) is 26.4. The number of anilines is 2.